The fourth-order valence-electron chi connectivity index (χ4n) is 4.20. The smallest absolute Gasteiger partial charge is 0.303 e. The number of rotatable bonds is 15. The first-order valence-corrected chi connectivity index (χ1v) is 12.7. The van der Waals surface area contributed by atoms with Crippen LogP contribution in [-0.2, 0) is 9.53 Å². The molecule has 150 valence electrons. The van der Waals surface area contributed by atoms with E-state index in [9.17, 15) is 4.79 Å². The Morgan fingerprint density at radius 2 is 1.73 bits per heavy atom. The minimum Gasteiger partial charge on any atom is -0.481 e. The Kier molecular flexibility index (Phi) is 11.2. The lowest BCUT2D eigenvalue weighted by Crippen LogP contribution is -2.28. The van der Waals surface area contributed by atoms with Crippen molar-refractivity contribution in [2.75, 3.05) is 23.0 Å². The van der Waals surface area contributed by atoms with E-state index in [1.165, 1.54) is 50.0 Å². The maximum absolute atomic E-state index is 10.5. The minimum atomic E-state index is -0.671. The highest BCUT2D eigenvalue weighted by Gasteiger charge is 2.47. The molecule has 2 heterocycles. The molecule has 2 rings (SSSR count). The molecular weight excluding hydrogens is 364 g/mol. The molecule has 3 nitrogen and oxygen atoms in total. The first kappa shape index (κ1) is 22.2. The maximum atomic E-state index is 10.5. The lowest BCUT2D eigenvalue weighted by Gasteiger charge is -2.28. The molecule has 0 spiro atoms. The van der Waals surface area contributed by atoms with Crippen LogP contribution in [0.2, 0.25) is 0 Å². The molecule has 2 bridgehead atoms. The summed E-state index contributed by atoms with van der Waals surface area (Å²) in [5.41, 5.74) is 0. The Morgan fingerprint density at radius 3 is 2.38 bits per heavy atom. The summed E-state index contributed by atoms with van der Waals surface area (Å²) < 4.78 is 6.23. The number of ether oxygens (including phenoxy) is 1. The third kappa shape index (κ3) is 7.85. The number of allylic oxidation sites excluding steroid dienone is 1. The van der Waals surface area contributed by atoms with Gasteiger partial charge in [-0.2, -0.15) is 23.5 Å². The molecule has 0 aromatic heterocycles. The third-order valence-electron chi connectivity index (χ3n) is 5.55. The summed E-state index contributed by atoms with van der Waals surface area (Å²) in [5.74, 6) is 5.57. The molecule has 2 fully saturated rings. The van der Waals surface area contributed by atoms with Gasteiger partial charge in [0.05, 0.1) is 12.2 Å². The van der Waals surface area contributed by atoms with E-state index < -0.39 is 5.97 Å². The quantitative estimate of drug-likeness (QED) is 0.285. The van der Waals surface area contributed by atoms with Gasteiger partial charge in [0, 0.05) is 12.2 Å². The second-order valence-electron chi connectivity index (χ2n) is 7.49. The van der Waals surface area contributed by atoms with Crippen molar-refractivity contribution in [3.05, 3.63) is 12.2 Å². The van der Waals surface area contributed by atoms with Crippen molar-refractivity contribution in [2.45, 2.75) is 76.9 Å². The van der Waals surface area contributed by atoms with Gasteiger partial charge >= 0.3 is 5.97 Å². The molecule has 0 saturated carbocycles. The topological polar surface area (TPSA) is 46.5 Å². The number of hydrogen-bond acceptors (Lipinski definition) is 4. The standard InChI is InChI=1S/C21H36O3S2/c1-2-3-4-6-13-25-15-11-17-18(20-10-9-19(17)24-20)12-16-26-14-7-5-8-21(22)23/h4,6,17-20H,2-3,5,7-16H2,1H3,(H,22,23)/t17-,18+,19-,20+/m0/s1. The zero-order valence-electron chi connectivity index (χ0n) is 16.2. The number of carboxylic acid groups (broad SMARTS) is 1. The molecule has 0 aliphatic carbocycles. The Bertz CT molecular complexity index is 427. The second-order valence-corrected chi connectivity index (χ2v) is 9.87. The minimum absolute atomic E-state index is 0.314. The molecule has 0 unspecified atom stereocenters. The summed E-state index contributed by atoms with van der Waals surface area (Å²) in [6.07, 6.45) is 15.4. The molecule has 0 radical (unpaired) electrons. The van der Waals surface area contributed by atoms with Gasteiger partial charge in [-0.3, -0.25) is 4.79 Å². The van der Waals surface area contributed by atoms with Gasteiger partial charge in [-0.05, 0) is 74.0 Å². The van der Waals surface area contributed by atoms with Gasteiger partial charge in [0.2, 0.25) is 0 Å². The average Bonchev–Trinajstić information content (AvgIpc) is 3.22. The van der Waals surface area contributed by atoms with Crippen LogP contribution in [0.3, 0.4) is 0 Å². The summed E-state index contributed by atoms with van der Waals surface area (Å²) >= 11 is 4.06. The van der Waals surface area contributed by atoms with Crippen molar-refractivity contribution < 1.29 is 14.6 Å². The van der Waals surface area contributed by atoms with Crippen LogP contribution < -0.4 is 0 Å². The fourth-order valence-corrected chi connectivity index (χ4v) is 6.12. The van der Waals surface area contributed by atoms with Crippen LogP contribution in [0, 0.1) is 11.8 Å². The Labute approximate surface area is 168 Å². The molecular formula is C21H36O3S2. The molecule has 0 amide bonds. The van der Waals surface area contributed by atoms with Crippen molar-refractivity contribution in [1.29, 1.82) is 0 Å². The van der Waals surface area contributed by atoms with Crippen LogP contribution in [0.1, 0.15) is 64.7 Å². The molecule has 2 aliphatic rings. The summed E-state index contributed by atoms with van der Waals surface area (Å²) in [6.45, 7) is 2.22. The highest BCUT2D eigenvalue weighted by atomic mass is 32.2. The second kappa shape index (κ2) is 13.1. The lowest BCUT2D eigenvalue weighted by molar-refractivity contribution is -0.137. The Balaban J connectivity index is 1.58. The highest BCUT2D eigenvalue weighted by Crippen LogP contribution is 2.47. The number of fused-ring (bicyclic) bond motifs is 2. The summed E-state index contributed by atoms with van der Waals surface area (Å²) in [7, 11) is 0. The van der Waals surface area contributed by atoms with Gasteiger partial charge in [0.25, 0.3) is 0 Å². The zero-order valence-corrected chi connectivity index (χ0v) is 17.9. The van der Waals surface area contributed by atoms with Crippen molar-refractivity contribution in [2.24, 2.45) is 11.8 Å². The summed E-state index contributed by atoms with van der Waals surface area (Å²) in [5, 5.41) is 8.67. The normalized spacial score (nSPS) is 27.6. The molecule has 0 aromatic carbocycles. The van der Waals surface area contributed by atoms with E-state index in [1.807, 2.05) is 11.8 Å². The Hall–Kier alpha value is -0.130. The van der Waals surface area contributed by atoms with Crippen molar-refractivity contribution in [3.8, 4) is 0 Å². The van der Waals surface area contributed by atoms with Crippen LogP contribution in [-0.4, -0.2) is 46.3 Å². The number of hydrogen-bond donors (Lipinski definition) is 1. The lowest BCUT2D eigenvalue weighted by atomic mass is 9.76. The largest absolute Gasteiger partial charge is 0.481 e. The summed E-state index contributed by atoms with van der Waals surface area (Å²) in [4.78, 5) is 10.5. The zero-order chi connectivity index (χ0) is 18.6. The first-order valence-electron chi connectivity index (χ1n) is 10.4. The van der Waals surface area contributed by atoms with E-state index in [-0.39, 0.29) is 0 Å². The Morgan fingerprint density at radius 1 is 1.04 bits per heavy atom. The monoisotopic (exact) mass is 400 g/mol. The third-order valence-corrected chi connectivity index (χ3v) is 7.60. The van der Waals surface area contributed by atoms with E-state index in [4.69, 9.17) is 9.84 Å². The molecule has 5 heteroatoms. The van der Waals surface area contributed by atoms with E-state index in [2.05, 4.69) is 30.8 Å². The van der Waals surface area contributed by atoms with E-state index >= 15 is 0 Å². The van der Waals surface area contributed by atoms with Crippen molar-refractivity contribution in [1.82, 2.24) is 0 Å². The fraction of sp³-hybridized carbons (Fsp3) is 0.857. The molecule has 4 atom stereocenters. The number of unbranched alkanes of at least 4 members (excludes halogenated alkanes) is 2. The van der Waals surface area contributed by atoms with Crippen LogP contribution in [0.25, 0.3) is 0 Å². The van der Waals surface area contributed by atoms with Gasteiger partial charge in [-0.15, -0.1) is 0 Å². The molecule has 2 aliphatic heterocycles. The van der Waals surface area contributed by atoms with Crippen LogP contribution in [0.4, 0.5) is 0 Å². The maximum Gasteiger partial charge on any atom is 0.303 e. The van der Waals surface area contributed by atoms with Gasteiger partial charge in [0.1, 0.15) is 0 Å². The number of aliphatic carboxylic acids is 1. The molecule has 0 aromatic rings. The number of thioether (sulfide) groups is 2. The predicted molar refractivity (Wildman–Crippen MR) is 114 cm³/mol. The number of carbonyl (C=O) groups is 1. The first-order chi connectivity index (χ1) is 12.7. The molecule has 26 heavy (non-hydrogen) atoms. The molecule has 1 N–H and O–H groups in total. The van der Waals surface area contributed by atoms with Gasteiger partial charge in [-0.1, -0.05) is 25.5 Å². The van der Waals surface area contributed by atoms with Gasteiger partial charge < -0.3 is 9.84 Å². The van der Waals surface area contributed by atoms with E-state index in [1.54, 1.807) is 0 Å². The number of carboxylic acids is 1. The van der Waals surface area contributed by atoms with Crippen LogP contribution >= 0.6 is 23.5 Å². The average molecular weight is 401 g/mol. The van der Waals surface area contributed by atoms with Gasteiger partial charge in [0.15, 0.2) is 0 Å². The van der Waals surface area contributed by atoms with Crippen molar-refractivity contribution in [3.63, 3.8) is 0 Å². The molecule has 2 saturated heterocycles. The van der Waals surface area contributed by atoms with Crippen molar-refractivity contribution >= 4 is 29.5 Å². The SMILES string of the molecule is CCCC=CCSCC[C@H]1[C@@H](CCSCCCCC(=O)O)[C@H]2CC[C@@H]1O2. The van der Waals surface area contributed by atoms with Crippen LogP contribution in [0.15, 0.2) is 12.2 Å². The predicted octanol–water partition coefficient (Wildman–Crippen LogP) is 5.64. The highest BCUT2D eigenvalue weighted by molar-refractivity contribution is 7.99. The van der Waals surface area contributed by atoms with E-state index in [0.29, 0.717) is 18.6 Å². The van der Waals surface area contributed by atoms with Gasteiger partial charge in [-0.25, -0.2) is 0 Å². The summed E-state index contributed by atoms with van der Waals surface area (Å²) in [6, 6.07) is 0. The van der Waals surface area contributed by atoms with Crippen LogP contribution in [0.5, 0.6) is 0 Å². The van der Waals surface area contributed by atoms with E-state index in [0.717, 1.165) is 36.2 Å².